The van der Waals surface area contributed by atoms with E-state index in [9.17, 15) is 4.79 Å². The highest BCUT2D eigenvalue weighted by Gasteiger charge is 2.50. The Bertz CT molecular complexity index is 1030. The topological polar surface area (TPSA) is 41.9 Å². The number of likely N-dealkylation sites (tertiary alicyclic amines) is 1. The Balaban J connectivity index is 1.47. The highest BCUT2D eigenvalue weighted by Crippen LogP contribution is 2.46. The Morgan fingerprint density at radius 1 is 0.839 bits per heavy atom. The summed E-state index contributed by atoms with van der Waals surface area (Å²) in [6.07, 6.45) is 2.32. The van der Waals surface area contributed by atoms with Crippen LogP contribution < -0.4 is 0 Å². The number of nitrogens with zero attached hydrogens (tertiary/aromatic N) is 2. The van der Waals surface area contributed by atoms with Crippen molar-refractivity contribution in [2.45, 2.75) is 43.9 Å². The number of rotatable bonds is 4. The van der Waals surface area contributed by atoms with E-state index >= 15 is 0 Å². The number of amides is 1. The summed E-state index contributed by atoms with van der Waals surface area (Å²) in [6, 6.07) is 30.6. The van der Waals surface area contributed by atoms with E-state index in [0.29, 0.717) is 6.42 Å². The molecule has 0 radical (unpaired) electrons. The fourth-order valence-electron chi connectivity index (χ4n) is 4.81. The Kier molecular flexibility index (Phi) is 5.06. The largest absolute Gasteiger partial charge is 0.379 e. The van der Waals surface area contributed by atoms with E-state index in [1.54, 1.807) is 0 Å². The summed E-state index contributed by atoms with van der Waals surface area (Å²) in [5, 5.41) is 4.32. The average Bonchev–Trinajstić information content (AvgIpc) is 3.45. The lowest BCUT2D eigenvalue weighted by Crippen LogP contribution is -2.47. The van der Waals surface area contributed by atoms with Gasteiger partial charge in [-0.15, -0.1) is 0 Å². The lowest BCUT2D eigenvalue weighted by atomic mass is 9.93. The summed E-state index contributed by atoms with van der Waals surface area (Å²) >= 11 is 0. The van der Waals surface area contributed by atoms with Crippen LogP contribution in [0.3, 0.4) is 0 Å². The molecule has 2 aliphatic rings. The first-order valence-corrected chi connectivity index (χ1v) is 10.9. The molecule has 1 amide bonds. The minimum Gasteiger partial charge on any atom is -0.379 e. The monoisotopic (exact) mass is 410 g/mol. The summed E-state index contributed by atoms with van der Waals surface area (Å²) in [5.41, 5.74) is 3.15. The molecular formula is C27H26N2O2. The van der Waals surface area contributed by atoms with Crippen molar-refractivity contribution < 1.29 is 9.63 Å². The molecule has 0 unspecified atom stereocenters. The van der Waals surface area contributed by atoms with Gasteiger partial charge in [0.05, 0.1) is 17.8 Å². The number of benzene rings is 3. The van der Waals surface area contributed by atoms with Crippen molar-refractivity contribution in [2.24, 2.45) is 5.16 Å². The van der Waals surface area contributed by atoms with E-state index in [4.69, 9.17) is 4.84 Å². The molecule has 0 aliphatic carbocycles. The van der Waals surface area contributed by atoms with Gasteiger partial charge in [0.25, 0.3) is 5.91 Å². The predicted molar refractivity (Wildman–Crippen MR) is 122 cm³/mol. The molecule has 0 spiro atoms. The van der Waals surface area contributed by atoms with Crippen molar-refractivity contribution >= 4 is 11.6 Å². The SMILES string of the molecule is C[C@]1(C(=O)N2[C@H](c3ccccc3)CC[C@H]2c2ccccc2)CC(c2ccccc2)=NO1. The van der Waals surface area contributed by atoms with E-state index in [-0.39, 0.29) is 18.0 Å². The van der Waals surface area contributed by atoms with Crippen LogP contribution in [0, 0.1) is 0 Å². The van der Waals surface area contributed by atoms with Crippen LogP contribution in [-0.4, -0.2) is 22.1 Å². The molecule has 2 aliphatic heterocycles. The maximum atomic E-state index is 14.0. The first-order chi connectivity index (χ1) is 15.2. The first-order valence-electron chi connectivity index (χ1n) is 10.9. The fraction of sp³-hybridized carbons (Fsp3) is 0.259. The number of carbonyl (C=O) groups excluding carboxylic acids is 1. The predicted octanol–water partition coefficient (Wildman–Crippen LogP) is 5.67. The number of hydrogen-bond acceptors (Lipinski definition) is 3. The number of oxime groups is 1. The van der Waals surface area contributed by atoms with Gasteiger partial charge in [0.2, 0.25) is 5.60 Å². The van der Waals surface area contributed by atoms with Crippen LogP contribution in [0.2, 0.25) is 0 Å². The second-order valence-electron chi connectivity index (χ2n) is 8.55. The Hall–Kier alpha value is -3.40. The average molecular weight is 411 g/mol. The molecule has 3 atom stereocenters. The molecule has 0 N–H and O–H groups in total. The summed E-state index contributed by atoms with van der Waals surface area (Å²) in [5.74, 6) is 0.00221. The molecule has 2 heterocycles. The van der Waals surface area contributed by atoms with Gasteiger partial charge in [0.1, 0.15) is 0 Å². The van der Waals surface area contributed by atoms with Crippen LogP contribution in [0.4, 0.5) is 0 Å². The van der Waals surface area contributed by atoms with Crippen molar-refractivity contribution in [3.05, 3.63) is 108 Å². The second-order valence-corrected chi connectivity index (χ2v) is 8.55. The molecule has 0 bridgehead atoms. The van der Waals surface area contributed by atoms with Gasteiger partial charge in [-0.05, 0) is 36.5 Å². The van der Waals surface area contributed by atoms with Crippen LogP contribution in [0.25, 0.3) is 0 Å². The molecule has 31 heavy (non-hydrogen) atoms. The Morgan fingerprint density at radius 2 is 1.32 bits per heavy atom. The second kappa shape index (κ2) is 8.03. The molecule has 3 aromatic carbocycles. The third-order valence-electron chi connectivity index (χ3n) is 6.41. The Labute approximate surface area is 183 Å². The quantitative estimate of drug-likeness (QED) is 0.556. The lowest BCUT2D eigenvalue weighted by molar-refractivity contribution is -0.156. The molecule has 1 fully saturated rings. The molecule has 4 nitrogen and oxygen atoms in total. The highest BCUT2D eigenvalue weighted by atomic mass is 16.7. The molecule has 4 heteroatoms. The van der Waals surface area contributed by atoms with Gasteiger partial charge >= 0.3 is 0 Å². The normalized spacial score (nSPS) is 25.2. The van der Waals surface area contributed by atoms with Gasteiger partial charge in [0, 0.05) is 6.42 Å². The van der Waals surface area contributed by atoms with E-state index in [2.05, 4.69) is 29.4 Å². The molecule has 0 saturated carbocycles. The minimum absolute atomic E-state index is 0.00221. The highest BCUT2D eigenvalue weighted by molar-refractivity contribution is 6.05. The summed E-state index contributed by atoms with van der Waals surface area (Å²) in [4.78, 5) is 21.9. The van der Waals surface area contributed by atoms with E-state index < -0.39 is 5.60 Å². The van der Waals surface area contributed by atoms with Crippen molar-refractivity contribution in [1.29, 1.82) is 0 Å². The van der Waals surface area contributed by atoms with Gasteiger partial charge in [0.15, 0.2) is 0 Å². The third-order valence-corrected chi connectivity index (χ3v) is 6.41. The van der Waals surface area contributed by atoms with Crippen molar-refractivity contribution in [3.63, 3.8) is 0 Å². The molecular weight excluding hydrogens is 384 g/mol. The van der Waals surface area contributed by atoms with Crippen LogP contribution in [0.15, 0.2) is 96.2 Å². The van der Waals surface area contributed by atoms with Gasteiger partial charge < -0.3 is 9.74 Å². The molecule has 3 aromatic rings. The standard InChI is InChI=1S/C27H26N2O2/c1-27(19-23(28-31-27)20-11-5-2-6-12-20)26(30)29-24(21-13-7-3-8-14-21)17-18-25(29)22-15-9-4-10-16-22/h2-16,24-25H,17-19H2,1H3/t24-,25-,27+/m0/s1. The Morgan fingerprint density at radius 3 is 1.84 bits per heavy atom. The van der Waals surface area contributed by atoms with Crippen LogP contribution in [-0.2, 0) is 9.63 Å². The van der Waals surface area contributed by atoms with Crippen molar-refractivity contribution in [3.8, 4) is 0 Å². The van der Waals surface area contributed by atoms with Gasteiger partial charge in [-0.25, -0.2) is 0 Å². The van der Waals surface area contributed by atoms with Gasteiger partial charge in [-0.3, -0.25) is 4.79 Å². The van der Waals surface area contributed by atoms with Crippen LogP contribution >= 0.6 is 0 Å². The minimum atomic E-state index is -1.00. The molecule has 156 valence electrons. The lowest BCUT2D eigenvalue weighted by Gasteiger charge is -2.36. The third kappa shape index (κ3) is 3.63. The maximum Gasteiger partial charge on any atom is 0.270 e. The zero-order valence-electron chi connectivity index (χ0n) is 17.6. The number of carbonyl (C=O) groups is 1. The van der Waals surface area contributed by atoms with Crippen LogP contribution in [0.5, 0.6) is 0 Å². The molecule has 1 saturated heterocycles. The summed E-state index contributed by atoms with van der Waals surface area (Å²) in [6.45, 7) is 1.87. The maximum absolute atomic E-state index is 14.0. The van der Waals surface area contributed by atoms with Crippen molar-refractivity contribution in [2.75, 3.05) is 0 Å². The zero-order chi connectivity index (χ0) is 21.3. The zero-order valence-corrected chi connectivity index (χ0v) is 17.6. The van der Waals surface area contributed by atoms with Gasteiger partial charge in [-0.2, -0.15) is 0 Å². The van der Waals surface area contributed by atoms with Crippen LogP contribution in [0.1, 0.15) is 55.0 Å². The first kappa shape index (κ1) is 19.6. The smallest absolute Gasteiger partial charge is 0.270 e. The summed E-state index contributed by atoms with van der Waals surface area (Å²) in [7, 11) is 0. The van der Waals surface area contributed by atoms with Crippen molar-refractivity contribution in [1.82, 2.24) is 4.90 Å². The van der Waals surface area contributed by atoms with E-state index in [0.717, 1.165) is 24.1 Å². The molecule has 0 aromatic heterocycles. The van der Waals surface area contributed by atoms with E-state index in [1.165, 1.54) is 11.1 Å². The fourth-order valence-corrected chi connectivity index (χ4v) is 4.81. The summed E-state index contributed by atoms with van der Waals surface area (Å²) < 4.78 is 0. The molecule has 5 rings (SSSR count). The van der Waals surface area contributed by atoms with E-state index in [1.807, 2.05) is 78.6 Å². The van der Waals surface area contributed by atoms with Gasteiger partial charge in [-0.1, -0.05) is 96.2 Å². The number of hydrogen-bond donors (Lipinski definition) is 0.